The highest BCUT2D eigenvalue weighted by Gasteiger charge is 2.26. The molecule has 2 aromatic heterocycles. The number of amides is 1. The number of carbonyl (C=O) groups excluding carboxylic acids is 2. The van der Waals surface area contributed by atoms with Crippen molar-refractivity contribution in [3.8, 4) is 17.1 Å². The summed E-state index contributed by atoms with van der Waals surface area (Å²) in [5.74, 6) is -1.21. The van der Waals surface area contributed by atoms with Crippen molar-refractivity contribution in [3.05, 3.63) is 74.8 Å². The molecule has 0 saturated carbocycles. The standard InChI is InChI=1S/C26H27N5O4/c1-6-35-20(32)13-30-22-21(23(27)33)28-24(18-9-7-14(2)16(4)11-18)29-25(22)31(26(30)34)19-10-8-15(3)17(5)12-19/h7-12H,6,13H2,1-5H3,(H2,27,33). The lowest BCUT2D eigenvalue weighted by Crippen LogP contribution is -2.28. The van der Waals surface area contributed by atoms with Crippen LogP contribution >= 0.6 is 0 Å². The quantitative estimate of drug-likeness (QED) is 0.429. The average molecular weight is 474 g/mol. The zero-order chi connectivity index (χ0) is 25.4. The van der Waals surface area contributed by atoms with E-state index in [1.165, 1.54) is 4.57 Å². The number of hydrogen-bond acceptors (Lipinski definition) is 6. The predicted molar refractivity (Wildman–Crippen MR) is 133 cm³/mol. The number of benzene rings is 2. The highest BCUT2D eigenvalue weighted by atomic mass is 16.5. The van der Waals surface area contributed by atoms with Gasteiger partial charge in [-0.05, 0) is 75.1 Å². The third kappa shape index (κ3) is 4.32. The van der Waals surface area contributed by atoms with Crippen molar-refractivity contribution in [3.63, 3.8) is 0 Å². The zero-order valence-corrected chi connectivity index (χ0v) is 20.4. The Balaban J connectivity index is 2.10. The predicted octanol–water partition coefficient (Wildman–Crippen LogP) is 3.14. The molecule has 0 aliphatic heterocycles. The number of ether oxygens (including phenoxy) is 1. The number of hydrogen-bond donors (Lipinski definition) is 1. The minimum Gasteiger partial charge on any atom is -0.465 e. The average Bonchev–Trinajstić information content (AvgIpc) is 3.08. The van der Waals surface area contributed by atoms with Crippen molar-refractivity contribution in [1.82, 2.24) is 19.1 Å². The molecule has 0 aliphatic rings. The van der Waals surface area contributed by atoms with Crippen molar-refractivity contribution < 1.29 is 14.3 Å². The van der Waals surface area contributed by atoms with Gasteiger partial charge < -0.3 is 10.5 Å². The molecule has 2 N–H and O–H groups in total. The van der Waals surface area contributed by atoms with E-state index in [1.54, 1.807) is 13.0 Å². The second-order valence-electron chi connectivity index (χ2n) is 8.51. The van der Waals surface area contributed by atoms with Crippen LogP contribution in [0.5, 0.6) is 0 Å². The molecule has 4 aromatic rings. The van der Waals surface area contributed by atoms with Crippen molar-refractivity contribution in [2.75, 3.05) is 6.61 Å². The number of nitrogens with two attached hydrogens (primary N) is 1. The number of aryl methyl sites for hydroxylation is 4. The molecule has 0 aliphatic carbocycles. The first-order valence-corrected chi connectivity index (χ1v) is 11.3. The summed E-state index contributed by atoms with van der Waals surface area (Å²) >= 11 is 0. The Labute approximate surface area is 202 Å². The Morgan fingerprint density at radius 2 is 1.60 bits per heavy atom. The fraction of sp³-hybridized carbons (Fsp3) is 0.269. The van der Waals surface area contributed by atoms with Gasteiger partial charge in [-0.25, -0.2) is 19.3 Å². The van der Waals surface area contributed by atoms with E-state index in [0.29, 0.717) is 11.3 Å². The SMILES string of the molecule is CCOC(=O)Cn1c(=O)n(-c2ccc(C)c(C)c2)c2nc(-c3ccc(C)c(C)c3)nc(C(N)=O)c21. The van der Waals surface area contributed by atoms with E-state index in [1.807, 2.05) is 58.0 Å². The van der Waals surface area contributed by atoms with Crippen LogP contribution in [0.15, 0.2) is 41.2 Å². The molecule has 4 rings (SSSR count). The molecule has 0 fully saturated rings. The van der Waals surface area contributed by atoms with Crippen LogP contribution in [0.2, 0.25) is 0 Å². The van der Waals surface area contributed by atoms with Crippen LogP contribution < -0.4 is 11.4 Å². The van der Waals surface area contributed by atoms with Crippen molar-refractivity contribution in [1.29, 1.82) is 0 Å². The smallest absolute Gasteiger partial charge is 0.335 e. The number of nitrogens with zero attached hydrogens (tertiary/aromatic N) is 4. The fourth-order valence-electron chi connectivity index (χ4n) is 3.92. The molecule has 0 atom stereocenters. The maximum atomic E-state index is 13.6. The molecule has 35 heavy (non-hydrogen) atoms. The highest BCUT2D eigenvalue weighted by Crippen LogP contribution is 2.25. The third-order valence-corrected chi connectivity index (χ3v) is 6.11. The Morgan fingerprint density at radius 3 is 2.20 bits per heavy atom. The molecule has 2 aromatic carbocycles. The summed E-state index contributed by atoms with van der Waals surface area (Å²) in [5.41, 5.74) is 10.7. The topological polar surface area (TPSA) is 122 Å². The molecule has 180 valence electrons. The van der Waals surface area contributed by atoms with Gasteiger partial charge >= 0.3 is 11.7 Å². The first-order valence-electron chi connectivity index (χ1n) is 11.3. The fourth-order valence-corrected chi connectivity index (χ4v) is 3.92. The van der Waals surface area contributed by atoms with Gasteiger partial charge in [0.1, 0.15) is 12.1 Å². The second-order valence-corrected chi connectivity index (χ2v) is 8.51. The first kappa shape index (κ1) is 23.9. The number of fused-ring (bicyclic) bond motifs is 1. The maximum Gasteiger partial charge on any atom is 0.335 e. The van der Waals surface area contributed by atoms with E-state index in [2.05, 4.69) is 4.98 Å². The number of primary amides is 1. The lowest BCUT2D eigenvalue weighted by molar-refractivity contribution is -0.143. The third-order valence-electron chi connectivity index (χ3n) is 6.11. The summed E-state index contributed by atoms with van der Waals surface area (Å²) in [4.78, 5) is 47.6. The molecule has 2 heterocycles. The normalized spacial score (nSPS) is 11.1. The van der Waals surface area contributed by atoms with Crippen molar-refractivity contribution >= 4 is 23.0 Å². The minimum absolute atomic E-state index is 0.0846. The van der Waals surface area contributed by atoms with E-state index in [4.69, 9.17) is 15.5 Å². The lowest BCUT2D eigenvalue weighted by Gasteiger charge is -2.09. The number of carbonyl (C=O) groups is 2. The van der Waals surface area contributed by atoms with Crippen LogP contribution in [0.25, 0.3) is 28.2 Å². The van der Waals surface area contributed by atoms with Gasteiger partial charge in [0.25, 0.3) is 5.91 Å². The Morgan fingerprint density at radius 1 is 0.943 bits per heavy atom. The van der Waals surface area contributed by atoms with E-state index < -0.39 is 24.1 Å². The van der Waals surface area contributed by atoms with Gasteiger partial charge in [-0.15, -0.1) is 0 Å². The van der Waals surface area contributed by atoms with Crippen molar-refractivity contribution in [2.24, 2.45) is 5.73 Å². The highest BCUT2D eigenvalue weighted by molar-refractivity contribution is 6.02. The van der Waals surface area contributed by atoms with Gasteiger partial charge in [-0.1, -0.05) is 18.2 Å². The van der Waals surface area contributed by atoms with Crippen LogP contribution in [0, 0.1) is 27.7 Å². The molecule has 0 unspecified atom stereocenters. The van der Waals surface area contributed by atoms with E-state index in [-0.39, 0.29) is 29.3 Å². The summed E-state index contributed by atoms with van der Waals surface area (Å²) in [5, 5.41) is 0. The van der Waals surface area contributed by atoms with Crippen LogP contribution in [0.1, 0.15) is 39.7 Å². The number of imidazole rings is 1. The second kappa shape index (κ2) is 9.17. The lowest BCUT2D eigenvalue weighted by atomic mass is 10.1. The van der Waals surface area contributed by atoms with E-state index in [9.17, 15) is 14.4 Å². The molecule has 0 saturated heterocycles. The van der Waals surface area contributed by atoms with Gasteiger partial charge in [0.2, 0.25) is 0 Å². The van der Waals surface area contributed by atoms with Crippen LogP contribution in [-0.2, 0) is 16.1 Å². The minimum atomic E-state index is -0.836. The molecule has 0 spiro atoms. The summed E-state index contributed by atoms with van der Waals surface area (Å²) in [6, 6.07) is 11.2. The molecular weight excluding hydrogens is 446 g/mol. The Kier molecular flexibility index (Phi) is 6.26. The maximum absolute atomic E-state index is 13.6. The molecule has 9 nitrogen and oxygen atoms in total. The van der Waals surface area contributed by atoms with Crippen molar-refractivity contribution in [2.45, 2.75) is 41.2 Å². The first-order chi connectivity index (χ1) is 16.6. The number of rotatable bonds is 6. The van der Waals surface area contributed by atoms with Gasteiger partial charge in [-0.2, -0.15) is 0 Å². The number of aromatic nitrogens is 4. The monoisotopic (exact) mass is 473 g/mol. The molecule has 9 heteroatoms. The van der Waals surface area contributed by atoms with Gasteiger partial charge in [0.15, 0.2) is 17.2 Å². The van der Waals surface area contributed by atoms with Gasteiger partial charge in [0.05, 0.1) is 12.3 Å². The summed E-state index contributed by atoms with van der Waals surface area (Å²) < 4.78 is 7.57. The van der Waals surface area contributed by atoms with Crippen LogP contribution in [0.4, 0.5) is 0 Å². The summed E-state index contributed by atoms with van der Waals surface area (Å²) in [7, 11) is 0. The Hall–Kier alpha value is -4.27. The largest absolute Gasteiger partial charge is 0.465 e. The van der Waals surface area contributed by atoms with Crippen LogP contribution in [-0.4, -0.2) is 37.6 Å². The van der Waals surface area contributed by atoms with E-state index in [0.717, 1.165) is 26.8 Å². The molecular formula is C26H27N5O4. The molecule has 0 radical (unpaired) electrons. The molecule has 1 amide bonds. The Bertz CT molecular complexity index is 1550. The summed E-state index contributed by atoms with van der Waals surface area (Å²) in [6.07, 6.45) is 0. The molecule has 0 bridgehead atoms. The number of esters is 1. The van der Waals surface area contributed by atoms with Gasteiger partial charge in [0, 0.05) is 5.56 Å². The van der Waals surface area contributed by atoms with E-state index >= 15 is 0 Å². The summed E-state index contributed by atoms with van der Waals surface area (Å²) in [6.45, 7) is 9.28. The van der Waals surface area contributed by atoms with Crippen LogP contribution in [0.3, 0.4) is 0 Å². The van der Waals surface area contributed by atoms with Gasteiger partial charge in [-0.3, -0.25) is 14.2 Å². The zero-order valence-electron chi connectivity index (χ0n) is 20.4.